The van der Waals surface area contributed by atoms with Crippen LogP contribution in [0, 0.1) is 6.92 Å². The molecule has 4 aromatic rings. The van der Waals surface area contributed by atoms with Crippen molar-refractivity contribution in [1.29, 1.82) is 0 Å². The first kappa shape index (κ1) is 17.2. The van der Waals surface area contributed by atoms with Gasteiger partial charge >= 0.3 is 6.03 Å². The highest BCUT2D eigenvalue weighted by Crippen LogP contribution is 2.25. The Bertz CT molecular complexity index is 1080. The van der Waals surface area contributed by atoms with Crippen molar-refractivity contribution in [2.45, 2.75) is 6.92 Å². The fourth-order valence-corrected chi connectivity index (χ4v) is 3.15. The van der Waals surface area contributed by atoms with Gasteiger partial charge in [0.15, 0.2) is 0 Å². The Labute approximate surface area is 162 Å². The molecule has 2 amide bonds. The molecule has 1 heterocycles. The number of anilines is 2. The number of halogens is 1. The van der Waals surface area contributed by atoms with Crippen LogP contribution < -0.4 is 10.6 Å². The number of carbonyl (C=O) groups is 1. The van der Waals surface area contributed by atoms with E-state index in [0.29, 0.717) is 16.4 Å². The molecule has 0 spiro atoms. The van der Waals surface area contributed by atoms with E-state index in [1.165, 1.54) is 5.39 Å². The molecule has 0 aliphatic heterocycles. The molecule has 0 saturated heterocycles. The second-order valence-corrected chi connectivity index (χ2v) is 6.82. The Hall–Kier alpha value is -3.24. The average Bonchev–Trinajstić information content (AvgIpc) is 3.09. The van der Waals surface area contributed by atoms with Gasteiger partial charge in [0.1, 0.15) is 0 Å². The number of hydrogen-bond donors (Lipinski definition) is 3. The molecule has 0 radical (unpaired) electrons. The maximum absolute atomic E-state index is 12.2. The topological polar surface area (TPSA) is 56.9 Å². The summed E-state index contributed by atoms with van der Waals surface area (Å²) in [5.41, 5.74) is 5.56. The number of para-hydroxylation sites is 1. The summed E-state index contributed by atoms with van der Waals surface area (Å²) < 4.78 is 0. The number of benzene rings is 3. The molecule has 0 bridgehead atoms. The van der Waals surface area contributed by atoms with Crippen LogP contribution in [0.25, 0.3) is 22.2 Å². The molecule has 0 aliphatic carbocycles. The van der Waals surface area contributed by atoms with Gasteiger partial charge in [0, 0.05) is 33.0 Å². The molecule has 0 unspecified atom stereocenters. The van der Waals surface area contributed by atoms with Crippen LogP contribution in [-0.2, 0) is 0 Å². The van der Waals surface area contributed by atoms with E-state index in [4.69, 9.17) is 11.6 Å². The lowest BCUT2D eigenvalue weighted by molar-refractivity contribution is 0.262. The van der Waals surface area contributed by atoms with E-state index in [2.05, 4.69) is 33.8 Å². The van der Waals surface area contributed by atoms with Gasteiger partial charge < -0.3 is 15.6 Å². The number of urea groups is 1. The van der Waals surface area contributed by atoms with E-state index in [0.717, 1.165) is 22.3 Å². The van der Waals surface area contributed by atoms with E-state index < -0.39 is 0 Å². The predicted octanol–water partition coefficient (Wildman–Crippen LogP) is 6.44. The first-order valence-corrected chi connectivity index (χ1v) is 8.99. The fraction of sp³-hybridized carbons (Fsp3) is 0.0455. The number of H-pyrrole nitrogens is 1. The molecule has 3 N–H and O–H groups in total. The highest BCUT2D eigenvalue weighted by atomic mass is 35.5. The first-order valence-electron chi connectivity index (χ1n) is 8.61. The molecule has 5 heteroatoms. The third-order valence-corrected chi connectivity index (χ3v) is 4.67. The molecule has 0 saturated carbocycles. The number of aromatic nitrogens is 1. The summed E-state index contributed by atoms with van der Waals surface area (Å²) in [5, 5.41) is 7.42. The van der Waals surface area contributed by atoms with Crippen LogP contribution in [0.1, 0.15) is 5.56 Å². The van der Waals surface area contributed by atoms with Crippen LogP contribution in [0.3, 0.4) is 0 Å². The second-order valence-electron chi connectivity index (χ2n) is 6.39. The lowest BCUT2D eigenvalue weighted by Crippen LogP contribution is -2.19. The Kier molecular flexibility index (Phi) is 4.57. The van der Waals surface area contributed by atoms with E-state index in [-0.39, 0.29) is 6.03 Å². The van der Waals surface area contributed by atoms with Crippen LogP contribution in [0.4, 0.5) is 16.2 Å². The van der Waals surface area contributed by atoms with Crippen LogP contribution in [-0.4, -0.2) is 11.0 Å². The number of fused-ring (bicyclic) bond motifs is 1. The Morgan fingerprint density at radius 1 is 0.926 bits per heavy atom. The minimum absolute atomic E-state index is 0.307. The first-order chi connectivity index (χ1) is 13.1. The number of carbonyl (C=O) groups excluding carboxylic acids is 1. The van der Waals surface area contributed by atoms with Crippen molar-refractivity contribution < 1.29 is 4.79 Å². The maximum atomic E-state index is 12.2. The number of aryl methyl sites for hydroxylation is 1. The summed E-state index contributed by atoms with van der Waals surface area (Å²) in [7, 11) is 0. The number of aromatic amines is 1. The predicted molar refractivity (Wildman–Crippen MR) is 113 cm³/mol. The van der Waals surface area contributed by atoms with Crippen molar-refractivity contribution in [2.75, 3.05) is 10.6 Å². The van der Waals surface area contributed by atoms with E-state index >= 15 is 0 Å². The highest BCUT2D eigenvalue weighted by Gasteiger charge is 2.07. The number of hydrogen-bond acceptors (Lipinski definition) is 1. The maximum Gasteiger partial charge on any atom is 0.323 e. The van der Waals surface area contributed by atoms with Gasteiger partial charge in [-0.1, -0.05) is 48.0 Å². The third-order valence-electron chi connectivity index (χ3n) is 4.43. The summed E-state index contributed by atoms with van der Waals surface area (Å²) >= 11 is 5.99. The summed E-state index contributed by atoms with van der Waals surface area (Å²) in [5.74, 6) is 0. The van der Waals surface area contributed by atoms with Crippen molar-refractivity contribution >= 4 is 39.9 Å². The summed E-state index contributed by atoms with van der Waals surface area (Å²) in [6.45, 7) is 1.92. The van der Waals surface area contributed by atoms with Crippen molar-refractivity contribution in [1.82, 2.24) is 4.98 Å². The monoisotopic (exact) mass is 375 g/mol. The smallest absolute Gasteiger partial charge is 0.323 e. The molecule has 3 aromatic carbocycles. The number of nitrogens with one attached hydrogen (secondary N) is 3. The number of amides is 2. The molecule has 1 aromatic heterocycles. The van der Waals surface area contributed by atoms with Crippen molar-refractivity contribution in [3.63, 3.8) is 0 Å². The molecule has 0 aliphatic rings. The summed E-state index contributed by atoms with van der Waals surface area (Å²) in [6.07, 6.45) is 0. The van der Waals surface area contributed by atoms with Crippen LogP contribution >= 0.6 is 11.6 Å². The largest absolute Gasteiger partial charge is 0.355 e. The summed E-state index contributed by atoms with van der Waals surface area (Å²) in [6, 6.07) is 23.1. The Morgan fingerprint density at radius 3 is 2.48 bits per heavy atom. The average molecular weight is 376 g/mol. The van der Waals surface area contributed by atoms with E-state index in [1.807, 2.05) is 49.4 Å². The zero-order valence-corrected chi connectivity index (χ0v) is 15.5. The van der Waals surface area contributed by atoms with Gasteiger partial charge in [0.2, 0.25) is 0 Å². The lowest BCUT2D eigenvalue weighted by Gasteiger charge is -2.10. The molecule has 4 nitrogen and oxygen atoms in total. The minimum atomic E-state index is -0.307. The molecule has 0 fully saturated rings. The van der Waals surface area contributed by atoms with E-state index in [1.54, 1.807) is 12.1 Å². The third kappa shape index (κ3) is 3.81. The van der Waals surface area contributed by atoms with Crippen molar-refractivity contribution in [3.8, 4) is 11.3 Å². The van der Waals surface area contributed by atoms with Gasteiger partial charge in [0.25, 0.3) is 0 Å². The Morgan fingerprint density at radius 2 is 1.70 bits per heavy atom. The fourth-order valence-electron chi connectivity index (χ4n) is 2.98. The number of rotatable bonds is 3. The van der Waals surface area contributed by atoms with Gasteiger partial charge in [0.05, 0.1) is 0 Å². The molecular formula is C22H18ClN3O. The van der Waals surface area contributed by atoms with Crippen LogP contribution in [0.15, 0.2) is 72.8 Å². The van der Waals surface area contributed by atoms with E-state index in [9.17, 15) is 4.79 Å². The van der Waals surface area contributed by atoms with Gasteiger partial charge in [-0.05, 0) is 54.4 Å². The SMILES string of the molecule is Cc1ccc(Cl)cc1NC(=O)Nc1ccc(-c2cc3ccccc3[nH]2)cc1. The molecular weight excluding hydrogens is 358 g/mol. The second kappa shape index (κ2) is 7.17. The standard InChI is InChI=1S/C22H18ClN3O/c1-14-6-9-17(23)13-20(14)26-22(27)24-18-10-7-15(8-11-18)21-12-16-4-2-3-5-19(16)25-21/h2-13,25H,1H3,(H2,24,26,27). The Balaban J connectivity index is 1.47. The zero-order chi connectivity index (χ0) is 18.8. The van der Waals surface area contributed by atoms with Crippen LogP contribution in [0.2, 0.25) is 5.02 Å². The minimum Gasteiger partial charge on any atom is -0.355 e. The molecule has 4 rings (SSSR count). The molecule has 0 atom stereocenters. The normalized spacial score (nSPS) is 10.7. The lowest BCUT2D eigenvalue weighted by atomic mass is 10.1. The molecule has 27 heavy (non-hydrogen) atoms. The van der Waals surface area contributed by atoms with Gasteiger partial charge in [-0.3, -0.25) is 0 Å². The quantitative estimate of drug-likeness (QED) is 0.379. The zero-order valence-electron chi connectivity index (χ0n) is 14.7. The van der Waals surface area contributed by atoms with Gasteiger partial charge in [-0.25, -0.2) is 4.79 Å². The van der Waals surface area contributed by atoms with Crippen LogP contribution in [0.5, 0.6) is 0 Å². The van der Waals surface area contributed by atoms with Gasteiger partial charge in [-0.2, -0.15) is 0 Å². The highest BCUT2D eigenvalue weighted by molar-refractivity contribution is 6.31. The summed E-state index contributed by atoms with van der Waals surface area (Å²) in [4.78, 5) is 15.7. The van der Waals surface area contributed by atoms with Gasteiger partial charge in [-0.15, -0.1) is 0 Å². The van der Waals surface area contributed by atoms with Crippen molar-refractivity contribution in [2.24, 2.45) is 0 Å². The molecule has 134 valence electrons. The van der Waals surface area contributed by atoms with Crippen molar-refractivity contribution in [3.05, 3.63) is 83.4 Å².